The van der Waals surface area contributed by atoms with Gasteiger partial charge in [0, 0.05) is 43.3 Å². The van der Waals surface area contributed by atoms with Gasteiger partial charge in [-0.2, -0.15) is 0 Å². The molecule has 0 radical (unpaired) electrons. The van der Waals surface area contributed by atoms with Crippen LogP contribution in [0, 0.1) is 12.8 Å². The van der Waals surface area contributed by atoms with Crippen molar-refractivity contribution in [3.63, 3.8) is 0 Å². The van der Waals surface area contributed by atoms with E-state index in [0.717, 1.165) is 49.7 Å². The highest BCUT2D eigenvalue weighted by molar-refractivity contribution is 5.32. The van der Waals surface area contributed by atoms with Crippen molar-refractivity contribution in [1.29, 1.82) is 0 Å². The minimum atomic E-state index is 0.469. The molecule has 1 aromatic rings. The van der Waals surface area contributed by atoms with E-state index >= 15 is 0 Å². The van der Waals surface area contributed by atoms with Gasteiger partial charge in [-0.1, -0.05) is 0 Å². The molecular formula is C13H20N2O2. The summed E-state index contributed by atoms with van der Waals surface area (Å²) >= 11 is 0. The SMILES string of the molecule is Cc1cc(OCC2CCOCC2)c(CN)cn1. The summed E-state index contributed by atoms with van der Waals surface area (Å²) in [5.74, 6) is 1.48. The summed E-state index contributed by atoms with van der Waals surface area (Å²) in [6.07, 6.45) is 3.97. The van der Waals surface area contributed by atoms with Gasteiger partial charge >= 0.3 is 0 Å². The van der Waals surface area contributed by atoms with E-state index in [2.05, 4.69) is 4.98 Å². The van der Waals surface area contributed by atoms with Crippen molar-refractivity contribution in [2.24, 2.45) is 11.7 Å². The molecule has 1 aliphatic rings. The molecule has 17 heavy (non-hydrogen) atoms. The molecule has 2 heterocycles. The first-order valence-corrected chi connectivity index (χ1v) is 6.15. The van der Waals surface area contributed by atoms with Crippen LogP contribution in [-0.4, -0.2) is 24.8 Å². The molecule has 0 spiro atoms. The maximum atomic E-state index is 5.87. The fourth-order valence-electron chi connectivity index (χ4n) is 1.97. The molecular weight excluding hydrogens is 216 g/mol. The molecule has 1 fully saturated rings. The Hall–Kier alpha value is -1.13. The lowest BCUT2D eigenvalue weighted by Gasteiger charge is -2.22. The van der Waals surface area contributed by atoms with Crippen LogP contribution in [0.15, 0.2) is 12.3 Å². The third kappa shape index (κ3) is 3.41. The van der Waals surface area contributed by atoms with Crippen LogP contribution in [0.4, 0.5) is 0 Å². The van der Waals surface area contributed by atoms with E-state index in [1.165, 1.54) is 0 Å². The van der Waals surface area contributed by atoms with Gasteiger partial charge < -0.3 is 15.2 Å². The van der Waals surface area contributed by atoms with Crippen molar-refractivity contribution in [1.82, 2.24) is 4.98 Å². The second-order valence-corrected chi connectivity index (χ2v) is 4.50. The lowest BCUT2D eigenvalue weighted by Crippen LogP contribution is -2.22. The maximum Gasteiger partial charge on any atom is 0.127 e. The molecule has 94 valence electrons. The number of aryl methyl sites for hydroxylation is 1. The highest BCUT2D eigenvalue weighted by Gasteiger charge is 2.15. The van der Waals surface area contributed by atoms with Gasteiger partial charge in [-0.3, -0.25) is 4.98 Å². The van der Waals surface area contributed by atoms with Gasteiger partial charge in [0.05, 0.1) is 6.61 Å². The van der Waals surface area contributed by atoms with Gasteiger partial charge in [-0.05, 0) is 25.7 Å². The van der Waals surface area contributed by atoms with Crippen molar-refractivity contribution >= 4 is 0 Å². The van der Waals surface area contributed by atoms with Crippen molar-refractivity contribution in [2.45, 2.75) is 26.3 Å². The second kappa shape index (κ2) is 5.98. The number of pyridine rings is 1. The summed E-state index contributed by atoms with van der Waals surface area (Å²) in [5.41, 5.74) is 7.61. The molecule has 0 aliphatic carbocycles. The first-order valence-electron chi connectivity index (χ1n) is 6.15. The molecule has 0 atom stereocenters. The topological polar surface area (TPSA) is 57.4 Å². The Morgan fingerprint density at radius 1 is 1.47 bits per heavy atom. The van der Waals surface area contributed by atoms with E-state index in [9.17, 15) is 0 Å². The Morgan fingerprint density at radius 3 is 2.94 bits per heavy atom. The summed E-state index contributed by atoms with van der Waals surface area (Å²) in [6, 6.07) is 1.96. The average Bonchev–Trinajstić information content (AvgIpc) is 2.38. The monoisotopic (exact) mass is 236 g/mol. The van der Waals surface area contributed by atoms with Gasteiger partial charge in [0.25, 0.3) is 0 Å². The summed E-state index contributed by atoms with van der Waals surface area (Å²) in [6.45, 7) is 4.89. The lowest BCUT2D eigenvalue weighted by molar-refractivity contribution is 0.0496. The normalized spacial score (nSPS) is 17.1. The van der Waals surface area contributed by atoms with Crippen molar-refractivity contribution in [3.05, 3.63) is 23.5 Å². The van der Waals surface area contributed by atoms with Crippen molar-refractivity contribution in [3.8, 4) is 5.75 Å². The van der Waals surface area contributed by atoms with E-state index < -0.39 is 0 Å². The third-order valence-electron chi connectivity index (χ3n) is 3.12. The molecule has 0 aromatic carbocycles. The molecule has 0 saturated carbocycles. The molecule has 0 amide bonds. The number of rotatable bonds is 4. The van der Waals surface area contributed by atoms with Gasteiger partial charge in [-0.15, -0.1) is 0 Å². The van der Waals surface area contributed by atoms with Crippen LogP contribution in [-0.2, 0) is 11.3 Å². The smallest absolute Gasteiger partial charge is 0.127 e. The van der Waals surface area contributed by atoms with E-state index in [1.807, 2.05) is 13.0 Å². The summed E-state index contributed by atoms with van der Waals surface area (Å²) in [5, 5.41) is 0. The Bertz CT molecular complexity index is 362. The summed E-state index contributed by atoms with van der Waals surface area (Å²) < 4.78 is 11.2. The van der Waals surface area contributed by atoms with Gasteiger partial charge in [0.1, 0.15) is 5.75 Å². The molecule has 0 bridgehead atoms. The Morgan fingerprint density at radius 2 is 2.24 bits per heavy atom. The molecule has 1 saturated heterocycles. The van der Waals surface area contributed by atoms with Crippen LogP contribution in [0.3, 0.4) is 0 Å². The first kappa shape index (κ1) is 12.3. The fraction of sp³-hybridized carbons (Fsp3) is 0.615. The molecule has 4 nitrogen and oxygen atoms in total. The van der Waals surface area contributed by atoms with Crippen LogP contribution in [0.2, 0.25) is 0 Å². The summed E-state index contributed by atoms with van der Waals surface area (Å²) in [4.78, 5) is 4.23. The van der Waals surface area contributed by atoms with Gasteiger partial charge in [-0.25, -0.2) is 0 Å². The number of nitrogens with zero attached hydrogens (tertiary/aromatic N) is 1. The largest absolute Gasteiger partial charge is 0.493 e. The molecule has 1 aromatic heterocycles. The van der Waals surface area contributed by atoms with Crippen LogP contribution in [0.25, 0.3) is 0 Å². The zero-order valence-electron chi connectivity index (χ0n) is 10.3. The molecule has 4 heteroatoms. The Balaban J connectivity index is 1.95. The predicted molar refractivity (Wildman–Crippen MR) is 65.9 cm³/mol. The molecule has 1 aliphatic heterocycles. The standard InChI is InChI=1S/C13H20N2O2/c1-10-6-13(12(7-14)8-15-10)17-9-11-2-4-16-5-3-11/h6,8,11H,2-5,7,9,14H2,1H3. The van der Waals surface area contributed by atoms with E-state index in [-0.39, 0.29) is 0 Å². The number of nitrogens with two attached hydrogens (primary N) is 1. The maximum absolute atomic E-state index is 5.87. The minimum Gasteiger partial charge on any atom is -0.493 e. The van der Waals surface area contributed by atoms with Gasteiger partial charge in [0.15, 0.2) is 0 Å². The van der Waals surface area contributed by atoms with E-state index in [1.54, 1.807) is 6.20 Å². The fourth-order valence-corrected chi connectivity index (χ4v) is 1.97. The molecule has 0 unspecified atom stereocenters. The Labute approximate surface area is 102 Å². The van der Waals surface area contributed by atoms with E-state index in [4.69, 9.17) is 15.2 Å². The predicted octanol–water partition coefficient (Wildman–Crippen LogP) is 1.65. The first-order chi connectivity index (χ1) is 8.29. The highest BCUT2D eigenvalue weighted by Crippen LogP contribution is 2.21. The molecule has 2 N–H and O–H groups in total. The van der Waals surface area contributed by atoms with E-state index in [0.29, 0.717) is 12.5 Å². The third-order valence-corrected chi connectivity index (χ3v) is 3.12. The minimum absolute atomic E-state index is 0.469. The number of hydrogen-bond donors (Lipinski definition) is 1. The van der Waals surface area contributed by atoms with Crippen LogP contribution >= 0.6 is 0 Å². The number of aromatic nitrogens is 1. The highest BCUT2D eigenvalue weighted by atomic mass is 16.5. The second-order valence-electron chi connectivity index (χ2n) is 4.50. The van der Waals surface area contributed by atoms with Crippen LogP contribution in [0.5, 0.6) is 5.75 Å². The molecule has 2 rings (SSSR count). The summed E-state index contributed by atoms with van der Waals surface area (Å²) in [7, 11) is 0. The Kier molecular flexibility index (Phi) is 4.34. The lowest BCUT2D eigenvalue weighted by atomic mass is 10.0. The van der Waals surface area contributed by atoms with Crippen molar-refractivity contribution < 1.29 is 9.47 Å². The number of hydrogen-bond acceptors (Lipinski definition) is 4. The van der Waals surface area contributed by atoms with Crippen molar-refractivity contribution in [2.75, 3.05) is 19.8 Å². The number of ether oxygens (including phenoxy) is 2. The zero-order valence-corrected chi connectivity index (χ0v) is 10.3. The van der Waals surface area contributed by atoms with Crippen LogP contribution in [0.1, 0.15) is 24.1 Å². The quantitative estimate of drug-likeness (QED) is 0.863. The average molecular weight is 236 g/mol. The van der Waals surface area contributed by atoms with Gasteiger partial charge in [0.2, 0.25) is 0 Å². The zero-order chi connectivity index (χ0) is 12.1. The van der Waals surface area contributed by atoms with Crippen LogP contribution < -0.4 is 10.5 Å².